The van der Waals surface area contributed by atoms with Crippen molar-refractivity contribution in [3.05, 3.63) is 29.6 Å². The molecule has 1 aromatic rings. The summed E-state index contributed by atoms with van der Waals surface area (Å²) < 4.78 is 18.4. The van der Waals surface area contributed by atoms with Gasteiger partial charge in [-0.2, -0.15) is 0 Å². The molecule has 0 aliphatic heterocycles. The number of benzene rings is 1. The number of halogens is 1. The van der Waals surface area contributed by atoms with Crippen LogP contribution in [0.3, 0.4) is 0 Å². The molecule has 5 heteroatoms. The summed E-state index contributed by atoms with van der Waals surface area (Å²) in [4.78, 5) is 11.5. The van der Waals surface area contributed by atoms with Gasteiger partial charge in [0.25, 0.3) is 0 Å². The fourth-order valence-electron chi connectivity index (χ4n) is 1.44. The maximum absolute atomic E-state index is 13.2. The van der Waals surface area contributed by atoms with Crippen molar-refractivity contribution in [2.75, 3.05) is 18.5 Å². The molecule has 0 bridgehead atoms. The molecule has 0 aromatic heterocycles. The van der Waals surface area contributed by atoms with Gasteiger partial charge in [-0.25, -0.2) is 4.39 Å². The zero-order chi connectivity index (χ0) is 13.4. The summed E-state index contributed by atoms with van der Waals surface area (Å²) in [5, 5.41) is 2.68. The van der Waals surface area contributed by atoms with Gasteiger partial charge in [-0.1, -0.05) is 6.92 Å². The maximum atomic E-state index is 13.2. The fourth-order valence-corrected chi connectivity index (χ4v) is 1.44. The molecule has 0 saturated carbocycles. The zero-order valence-electron chi connectivity index (χ0n) is 10.5. The second-order valence-electron chi connectivity index (χ2n) is 3.92. The van der Waals surface area contributed by atoms with Crippen LogP contribution in [-0.4, -0.2) is 19.1 Å². The lowest BCUT2D eigenvalue weighted by molar-refractivity contribution is -0.117. The minimum Gasteiger partial charge on any atom is -0.381 e. The van der Waals surface area contributed by atoms with Crippen LogP contribution in [0.4, 0.5) is 10.1 Å². The van der Waals surface area contributed by atoms with Gasteiger partial charge in [0.2, 0.25) is 5.91 Å². The van der Waals surface area contributed by atoms with Crippen molar-refractivity contribution >= 4 is 11.6 Å². The summed E-state index contributed by atoms with van der Waals surface area (Å²) in [6.07, 6.45) is 1.22. The van der Waals surface area contributed by atoms with Gasteiger partial charge in [0.15, 0.2) is 0 Å². The molecule has 0 atom stereocenters. The highest BCUT2D eigenvalue weighted by Gasteiger charge is 2.05. The Kier molecular flexibility index (Phi) is 6.32. The van der Waals surface area contributed by atoms with Crippen LogP contribution >= 0.6 is 0 Å². The highest BCUT2D eigenvalue weighted by Crippen LogP contribution is 2.14. The van der Waals surface area contributed by atoms with Crippen LogP contribution in [0.5, 0.6) is 0 Å². The van der Waals surface area contributed by atoms with Crippen LogP contribution in [-0.2, 0) is 16.1 Å². The van der Waals surface area contributed by atoms with E-state index in [1.54, 1.807) is 6.07 Å². The van der Waals surface area contributed by atoms with Crippen LogP contribution in [0.15, 0.2) is 18.2 Å². The quantitative estimate of drug-likeness (QED) is 0.732. The Morgan fingerprint density at radius 2 is 2.22 bits per heavy atom. The van der Waals surface area contributed by atoms with Gasteiger partial charge >= 0.3 is 0 Å². The predicted octanol–water partition coefficient (Wildman–Crippen LogP) is 2.04. The Labute approximate surface area is 106 Å². The molecule has 0 aliphatic rings. The van der Waals surface area contributed by atoms with E-state index >= 15 is 0 Å². The molecule has 0 spiro atoms. The normalized spacial score (nSPS) is 10.4. The molecule has 18 heavy (non-hydrogen) atoms. The lowest BCUT2D eigenvalue weighted by Gasteiger charge is -2.07. The number of rotatable bonds is 7. The minimum absolute atomic E-state index is 0.106. The Morgan fingerprint density at radius 1 is 1.44 bits per heavy atom. The SMILES string of the molecule is CCCOCCC(=O)Nc1ccc(F)c(CN)c1. The van der Waals surface area contributed by atoms with E-state index in [1.807, 2.05) is 6.92 Å². The smallest absolute Gasteiger partial charge is 0.226 e. The third-order valence-corrected chi connectivity index (χ3v) is 2.37. The number of ether oxygens (including phenoxy) is 1. The highest BCUT2D eigenvalue weighted by molar-refractivity contribution is 5.90. The fraction of sp³-hybridized carbons (Fsp3) is 0.462. The van der Waals surface area contributed by atoms with Crippen molar-refractivity contribution in [1.82, 2.24) is 0 Å². The van der Waals surface area contributed by atoms with E-state index in [2.05, 4.69) is 5.32 Å². The first kappa shape index (κ1) is 14.6. The summed E-state index contributed by atoms with van der Waals surface area (Å²) >= 11 is 0. The van der Waals surface area contributed by atoms with E-state index in [1.165, 1.54) is 12.1 Å². The predicted molar refractivity (Wildman–Crippen MR) is 68.6 cm³/mol. The Balaban J connectivity index is 2.44. The molecule has 0 radical (unpaired) electrons. The van der Waals surface area contributed by atoms with Crippen molar-refractivity contribution in [3.8, 4) is 0 Å². The van der Waals surface area contributed by atoms with Crippen LogP contribution < -0.4 is 11.1 Å². The van der Waals surface area contributed by atoms with Crippen LogP contribution in [0, 0.1) is 5.82 Å². The second-order valence-corrected chi connectivity index (χ2v) is 3.92. The van der Waals surface area contributed by atoms with Gasteiger partial charge in [-0.15, -0.1) is 0 Å². The second kappa shape index (κ2) is 7.79. The van der Waals surface area contributed by atoms with E-state index in [-0.39, 0.29) is 24.7 Å². The molecule has 1 aromatic carbocycles. The lowest BCUT2D eigenvalue weighted by atomic mass is 10.2. The molecule has 100 valence electrons. The van der Waals surface area contributed by atoms with E-state index < -0.39 is 0 Å². The largest absolute Gasteiger partial charge is 0.381 e. The molecule has 0 aliphatic carbocycles. The average Bonchev–Trinajstić information content (AvgIpc) is 2.37. The monoisotopic (exact) mass is 254 g/mol. The van der Waals surface area contributed by atoms with Crippen molar-refractivity contribution < 1.29 is 13.9 Å². The Hall–Kier alpha value is -1.46. The minimum atomic E-state index is -0.359. The van der Waals surface area contributed by atoms with Crippen LogP contribution in [0.25, 0.3) is 0 Å². The molecular formula is C13H19FN2O2. The van der Waals surface area contributed by atoms with E-state index in [4.69, 9.17) is 10.5 Å². The molecule has 1 rings (SSSR count). The number of carbonyl (C=O) groups is 1. The van der Waals surface area contributed by atoms with Gasteiger partial charge in [0.1, 0.15) is 5.82 Å². The van der Waals surface area contributed by atoms with Crippen LogP contribution in [0.1, 0.15) is 25.3 Å². The summed E-state index contributed by atoms with van der Waals surface area (Å²) in [5.74, 6) is -0.512. The standard InChI is InChI=1S/C13H19FN2O2/c1-2-6-18-7-5-13(17)16-11-3-4-12(14)10(8-11)9-15/h3-4,8H,2,5-7,9,15H2,1H3,(H,16,17). The first-order valence-corrected chi connectivity index (χ1v) is 6.03. The molecule has 0 saturated heterocycles. The Morgan fingerprint density at radius 3 is 2.89 bits per heavy atom. The van der Waals surface area contributed by atoms with Crippen LogP contribution in [0.2, 0.25) is 0 Å². The molecule has 0 heterocycles. The summed E-state index contributed by atoms with van der Waals surface area (Å²) in [5.41, 5.74) is 6.33. The molecule has 3 N–H and O–H groups in total. The number of amides is 1. The Bertz CT molecular complexity index is 397. The topological polar surface area (TPSA) is 64.3 Å². The summed E-state index contributed by atoms with van der Waals surface area (Å²) in [7, 11) is 0. The van der Waals surface area contributed by atoms with Crippen molar-refractivity contribution in [1.29, 1.82) is 0 Å². The maximum Gasteiger partial charge on any atom is 0.226 e. The summed E-state index contributed by atoms with van der Waals surface area (Å²) in [6, 6.07) is 4.35. The number of nitrogens with two attached hydrogens (primary N) is 1. The van der Waals surface area contributed by atoms with Crippen molar-refractivity contribution in [2.45, 2.75) is 26.3 Å². The van der Waals surface area contributed by atoms with Crippen molar-refractivity contribution in [3.63, 3.8) is 0 Å². The molecule has 0 fully saturated rings. The van der Waals surface area contributed by atoms with E-state index in [0.717, 1.165) is 6.42 Å². The third-order valence-electron chi connectivity index (χ3n) is 2.37. The highest BCUT2D eigenvalue weighted by atomic mass is 19.1. The summed E-state index contributed by atoms with van der Waals surface area (Å²) in [6.45, 7) is 3.16. The van der Waals surface area contributed by atoms with Gasteiger partial charge in [-0.3, -0.25) is 4.79 Å². The zero-order valence-corrected chi connectivity index (χ0v) is 10.5. The average molecular weight is 254 g/mol. The van der Waals surface area contributed by atoms with Gasteiger partial charge in [-0.05, 0) is 24.6 Å². The first-order chi connectivity index (χ1) is 8.67. The van der Waals surface area contributed by atoms with Gasteiger partial charge in [0.05, 0.1) is 13.0 Å². The van der Waals surface area contributed by atoms with Gasteiger partial charge < -0.3 is 15.8 Å². The number of hydrogen-bond donors (Lipinski definition) is 2. The lowest BCUT2D eigenvalue weighted by Crippen LogP contribution is -2.15. The molecule has 4 nitrogen and oxygen atoms in total. The molecule has 0 unspecified atom stereocenters. The van der Waals surface area contributed by atoms with Gasteiger partial charge in [0, 0.05) is 24.4 Å². The number of carbonyl (C=O) groups excluding carboxylic acids is 1. The van der Waals surface area contributed by atoms with E-state index in [0.29, 0.717) is 24.5 Å². The number of anilines is 1. The third kappa shape index (κ3) is 4.81. The van der Waals surface area contributed by atoms with E-state index in [9.17, 15) is 9.18 Å². The number of nitrogens with one attached hydrogen (secondary N) is 1. The molecular weight excluding hydrogens is 235 g/mol. The number of hydrogen-bond acceptors (Lipinski definition) is 3. The van der Waals surface area contributed by atoms with Crippen molar-refractivity contribution in [2.24, 2.45) is 5.73 Å². The first-order valence-electron chi connectivity index (χ1n) is 6.03. The molecule has 1 amide bonds.